The van der Waals surface area contributed by atoms with Crippen LogP contribution >= 0.6 is 11.8 Å². The Labute approximate surface area is 110 Å². The predicted octanol–water partition coefficient (Wildman–Crippen LogP) is 5.38. The molecule has 0 aliphatic heterocycles. The molecule has 0 bridgehead atoms. The van der Waals surface area contributed by atoms with E-state index in [9.17, 15) is 17.6 Å². The Morgan fingerprint density at radius 3 is 1.83 bits per heavy atom. The standard InChI is InChI=1S/C7H4F4.C6H14S/c8-6-4-2-1-3-5(6)7(9,10)11;1-3-5-7-6-4-2/h1-4H;3-6H2,1-2H3. The summed E-state index contributed by atoms with van der Waals surface area (Å²) >= 11 is 2.05. The summed E-state index contributed by atoms with van der Waals surface area (Å²) in [6.07, 6.45) is -1.94. The number of hydrogen-bond donors (Lipinski definition) is 0. The molecule has 0 aliphatic rings. The summed E-state index contributed by atoms with van der Waals surface area (Å²) in [5.41, 5.74) is -1.22. The highest BCUT2D eigenvalue weighted by atomic mass is 32.2. The van der Waals surface area contributed by atoms with Gasteiger partial charge in [-0.2, -0.15) is 24.9 Å². The summed E-state index contributed by atoms with van der Waals surface area (Å²) in [6, 6.07) is 3.84. The van der Waals surface area contributed by atoms with Crippen LogP contribution in [0.4, 0.5) is 17.6 Å². The summed E-state index contributed by atoms with van der Waals surface area (Å²) in [5.74, 6) is 1.45. The first-order valence-corrected chi connectivity index (χ1v) is 6.98. The van der Waals surface area contributed by atoms with Crippen LogP contribution in [0.15, 0.2) is 24.3 Å². The molecule has 0 aromatic heterocycles. The van der Waals surface area contributed by atoms with E-state index in [2.05, 4.69) is 25.6 Å². The van der Waals surface area contributed by atoms with Crippen molar-refractivity contribution >= 4 is 11.8 Å². The fraction of sp³-hybridized carbons (Fsp3) is 0.538. The van der Waals surface area contributed by atoms with E-state index in [0.717, 1.165) is 12.1 Å². The van der Waals surface area contributed by atoms with E-state index >= 15 is 0 Å². The van der Waals surface area contributed by atoms with Crippen molar-refractivity contribution in [3.05, 3.63) is 35.6 Å². The van der Waals surface area contributed by atoms with Gasteiger partial charge in [0.1, 0.15) is 5.82 Å². The van der Waals surface area contributed by atoms with Crippen LogP contribution in [0.25, 0.3) is 0 Å². The molecule has 0 unspecified atom stereocenters. The van der Waals surface area contributed by atoms with E-state index in [1.165, 1.54) is 30.4 Å². The van der Waals surface area contributed by atoms with Gasteiger partial charge < -0.3 is 0 Å². The summed E-state index contributed by atoms with van der Waals surface area (Å²) in [7, 11) is 0. The van der Waals surface area contributed by atoms with Crippen LogP contribution in [0.5, 0.6) is 0 Å². The number of halogens is 4. The number of rotatable bonds is 4. The minimum absolute atomic E-state index is 0.704. The molecular weight excluding hydrogens is 264 g/mol. The van der Waals surface area contributed by atoms with Gasteiger partial charge in [-0.3, -0.25) is 0 Å². The van der Waals surface area contributed by atoms with Crippen LogP contribution in [0.1, 0.15) is 32.3 Å². The molecule has 0 saturated heterocycles. The minimum atomic E-state index is -4.59. The van der Waals surface area contributed by atoms with Gasteiger partial charge in [0, 0.05) is 0 Å². The van der Waals surface area contributed by atoms with E-state index in [1.807, 2.05) is 0 Å². The van der Waals surface area contributed by atoms with E-state index in [1.54, 1.807) is 0 Å². The second kappa shape index (κ2) is 9.25. The highest BCUT2D eigenvalue weighted by Gasteiger charge is 2.33. The Kier molecular flexibility index (Phi) is 8.89. The van der Waals surface area contributed by atoms with Crippen molar-refractivity contribution in [2.24, 2.45) is 0 Å². The Hall–Kier alpha value is -0.710. The average molecular weight is 282 g/mol. The first-order chi connectivity index (χ1) is 8.43. The second-order valence-corrected chi connectivity index (χ2v) is 4.81. The lowest BCUT2D eigenvalue weighted by atomic mass is 10.2. The molecule has 0 N–H and O–H groups in total. The van der Waals surface area contributed by atoms with Crippen molar-refractivity contribution in [2.45, 2.75) is 32.9 Å². The third-order valence-electron chi connectivity index (χ3n) is 1.88. The monoisotopic (exact) mass is 282 g/mol. The zero-order chi connectivity index (χ0) is 14.0. The Balaban J connectivity index is 0.000000360. The zero-order valence-corrected chi connectivity index (χ0v) is 11.4. The van der Waals surface area contributed by atoms with E-state index in [0.29, 0.717) is 6.07 Å². The van der Waals surface area contributed by atoms with Gasteiger partial charge in [0.2, 0.25) is 0 Å². The largest absolute Gasteiger partial charge is 0.419 e. The maximum atomic E-state index is 12.4. The molecule has 18 heavy (non-hydrogen) atoms. The number of thioether (sulfide) groups is 1. The second-order valence-electron chi connectivity index (χ2n) is 3.59. The topological polar surface area (TPSA) is 0 Å². The molecule has 0 radical (unpaired) electrons. The van der Waals surface area contributed by atoms with Crippen LogP contribution in [-0.2, 0) is 6.18 Å². The molecule has 0 saturated carbocycles. The van der Waals surface area contributed by atoms with Crippen LogP contribution in [0.3, 0.4) is 0 Å². The summed E-state index contributed by atoms with van der Waals surface area (Å²) in [6.45, 7) is 4.45. The van der Waals surface area contributed by atoms with Crippen molar-refractivity contribution in [1.82, 2.24) is 0 Å². The molecule has 5 heteroatoms. The van der Waals surface area contributed by atoms with Crippen molar-refractivity contribution in [2.75, 3.05) is 11.5 Å². The number of hydrogen-bond acceptors (Lipinski definition) is 1. The molecule has 0 heterocycles. The van der Waals surface area contributed by atoms with Crippen LogP contribution in [0.2, 0.25) is 0 Å². The molecule has 0 amide bonds. The summed E-state index contributed by atoms with van der Waals surface area (Å²) in [4.78, 5) is 0. The van der Waals surface area contributed by atoms with Gasteiger partial charge in [-0.1, -0.05) is 26.0 Å². The SMILES string of the molecule is CCCSCCC.Fc1ccccc1C(F)(F)F. The quantitative estimate of drug-likeness (QED) is 0.527. The lowest BCUT2D eigenvalue weighted by molar-refractivity contribution is -0.140. The number of alkyl halides is 3. The molecule has 104 valence electrons. The van der Waals surface area contributed by atoms with Gasteiger partial charge in [0.05, 0.1) is 5.56 Å². The fourth-order valence-corrected chi connectivity index (χ4v) is 1.86. The van der Waals surface area contributed by atoms with Crippen LogP contribution < -0.4 is 0 Å². The maximum absolute atomic E-state index is 12.4. The van der Waals surface area contributed by atoms with E-state index in [-0.39, 0.29) is 0 Å². The molecular formula is C13H18F4S. The van der Waals surface area contributed by atoms with Crippen molar-refractivity contribution in [3.63, 3.8) is 0 Å². The molecule has 0 atom stereocenters. The molecule has 0 aliphatic carbocycles. The molecule has 0 nitrogen and oxygen atoms in total. The third kappa shape index (κ3) is 7.58. The maximum Gasteiger partial charge on any atom is 0.419 e. The van der Waals surface area contributed by atoms with Gasteiger partial charge in [-0.15, -0.1) is 0 Å². The molecule has 1 aromatic carbocycles. The highest BCUT2D eigenvalue weighted by Crippen LogP contribution is 2.30. The van der Waals surface area contributed by atoms with Gasteiger partial charge in [-0.25, -0.2) is 4.39 Å². The van der Waals surface area contributed by atoms with Gasteiger partial charge >= 0.3 is 6.18 Å². The Bertz CT molecular complexity index is 319. The van der Waals surface area contributed by atoms with Gasteiger partial charge in [-0.05, 0) is 36.5 Å². The van der Waals surface area contributed by atoms with Crippen LogP contribution in [0, 0.1) is 5.82 Å². The van der Waals surface area contributed by atoms with Gasteiger partial charge in [0.15, 0.2) is 0 Å². The Morgan fingerprint density at radius 2 is 1.50 bits per heavy atom. The number of benzene rings is 1. The molecule has 1 aromatic rings. The van der Waals surface area contributed by atoms with E-state index in [4.69, 9.17) is 0 Å². The van der Waals surface area contributed by atoms with Gasteiger partial charge in [0.25, 0.3) is 0 Å². The Morgan fingerprint density at radius 1 is 1.00 bits per heavy atom. The first kappa shape index (κ1) is 17.3. The smallest absolute Gasteiger partial charge is 0.206 e. The molecule has 1 rings (SSSR count). The van der Waals surface area contributed by atoms with E-state index < -0.39 is 17.6 Å². The zero-order valence-electron chi connectivity index (χ0n) is 10.6. The van der Waals surface area contributed by atoms with Crippen molar-refractivity contribution < 1.29 is 17.6 Å². The average Bonchev–Trinajstić information content (AvgIpc) is 2.30. The first-order valence-electron chi connectivity index (χ1n) is 5.82. The third-order valence-corrected chi connectivity index (χ3v) is 3.27. The summed E-state index contributed by atoms with van der Waals surface area (Å²) < 4.78 is 47.8. The lowest BCUT2D eigenvalue weighted by Crippen LogP contribution is -2.07. The molecule has 0 fully saturated rings. The summed E-state index contributed by atoms with van der Waals surface area (Å²) in [5, 5.41) is 0. The lowest BCUT2D eigenvalue weighted by Gasteiger charge is -2.05. The van der Waals surface area contributed by atoms with Crippen LogP contribution in [-0.4, -0.2) is 11.5 Å². The van der Waals surface area contributed by atoms with Crippen molar-refractivity contribution in [1.29, 1.82) is 0 Å². The predicted molar refractivity (Wildman–Crippen MR) is 69.3 cm³/mol. The molecule has 0 spiro atoms. The van der Waals surface area contributed by atoms with Crippen molar-refractivity contribution in [3.8, 4) is 0 Å². The minimum Gasteiger partial charge on any atom is -0.206 e. The fourth-order valence-electron chi connectivity index (χ4n) is 1.08. The highest BCUT2D eigenvalue weighted by molar-refractivity contribution is 7.99. The normalized spacial score (nSPS) is 10.8.